The highest BCUT2D eigenvalue weighted by Crippen LogP contribution is 2.36. The molecule has 3 atom stereocenters. The van der Waals surface area contributed by atoms with E-state index in [4.69, 9.17) is 4.74 Å². The van der Waals surface area contributed by atoms with E-state index >= 15 is 0 Å². The monoisotopic (exact) mass is 266 g/mol. The van der Waals surface area contributed by atoms with Gasteiger partial charge >= 0.3 is 5.97 Å². The van der Waals surface area contributed by atoms with Crippen LogP contribution in [0.3, 0.4) is 0 Å². The van der Waals surface area contributed by atoms with Gasteiger partial charge in [-0.1, -0.05) is 46.5 Å². The van der Waals surface area contributed by atoms with Gasteiger partial charge in [-0.2, -0.15) is 0 Å². The van der Waals surface area contributed by atoms with Crippen LogP contribution in [0, 0.1) is 23.7 Å². The van der Waals surface area contributed by atoms with Crippen LogP contribution < -0.4 is 0 Å². The minimum atomic E-state index is 0.101. The van der Waals surface area contributed by atoms with Gasteiger partial charge in [-0.05, 0) is 43.4 Å². The summed E-state index contributed by atoms with van der Waals surface area (Å²) in [6.07, 6.45) is 9.56. The molecule has 2 nitrogen and oxygen atoms in total. The summed E-state index contributed by atoms with van der Waals surface area (Å²) in [5.74, 6) is 2.20. The van der Waals surface area contributed by atoms with Crippen molar-refractivity contribution in [2.24, 2.45) is 23.7 Å². The molecule has 0 aromatic rings. The van der Waals surface area contributed by atoms with Crippen molar-refractivity contribution in [2.45, 2.75) is 78.2 Å². The standard InChI is InChI=1S/C17H30O2/c1-12(2)15-10-9-13(3)11-16(15)19-17(18)14-7-5-4-6-8-14/h12-16H,4-11H2,1-3H3. The molecule has 2 aliphatic carbocycles. The molecular weight excluding hydrogens is 236 g/mol. The first-order valence-electron chi connectivity index (χ1n) is 8.28. The zero-order valence-corrected chi connectivity index (χ0v) is 12.9. The fourth-order valence-corrected chi connectivity index (χ4v) is 3.83. The summed E-state index contributed by atoms with van der Waals surface area (Å²) in [5.41, 5.74) is 0. The third-order valence-electron chi connectivity index (χ3n) is 5.17. The van der Waals surface area contributed by atoms with Gasteiger partial charge < -0.3 is 4.74 Å². The van der Waals surface area contributed by atoms with E-state index in [1.165, 1.54) is 32.1 Å². The predicted octanol–water partition coefficient (Wildman–Crippen LogP) is 4.57. The maximum atomic E-state index is 12.3. The minimum absolute atomic E-state index is 0.101. The first kappa shape index (κ1) is 14.9. The fourth-order valence-electron chi connectivity index (χ4n) is 3.83. The number of carbonyl (C=O) groups excluding carboxylic acids is 1. The van der Waals surface area contributed by atoms with Crippen LogP contribution in [0.5, 0.6) is 0 Å². The highest BCUT2D eigenvalue weighted by molar-refractivity contribution is 5.72. The van der Waals surface area contributed by atoms with Crippen LogP contribution in [0.4, 0.5) is 0 Å². The third-order valence-corrected chi connectivity index (χ3v) is 5.17. The Balaban J connectivity index is 1.92. The quantitative estimate of drug-likeness (QED) is 0.699. The molecule has 2 fully saturated rings. The molecule has 2 aliphatic rings. The van der Waals surface area contributed by atoms with Gasteiger partial charge in [0.05, 0.1) is 5.92 Å². The number of esters is 1. The average molecular weight is 266 g/mol. The zero-order chi connectivity index (χ0) is 13.8. The molecule has 2 heteroatoms. The zero-order valence-electron chi connectivity index (χ0n) is 12.9. The largest absolute Gasteiger partial charge is 0.462 e. The molecule has 19 heavy (non-hydrogen) atoms. The van der Waals surface area contributed by atoms with Crippen molar-refractivity contribution in [3.63, 3.8) is 0 Å². The summed E-state index contributed by atoms with van der Waals surface area (Å²) in [5, 5.41) is 0. The van der Waals surface area contributed by atoms with Crippen LogP contribution in [0.1, 0.15) is 72.1 Å². The van der Waals surface area contributed by atoms with Crippen molar-refractivity contribution in [1.82, 2.24) is 0 Å². The molecule has 0 N–H and O–H groups in total. The Morgan fingerprint density at radius 2 is 1.74 bits per heavy atom. The van der Waals surface area contributed by atoms with Crippen molar-refractivity contribution in [1.29, 1.82) is 0 Å². The molecule has 2 rings (SSSR count). The second-order valence-corrected chi connectivity index (χ2v) is 7.14. The van der Waals surface area contributed by atoms with E-state index in [0.29, 0.717) is 17.8 Å². The number of carbonyl (C=O) groups is 1. The van der Waals surface area contributed by atoms with Crippen LogP contribution in [0.25, 0.3) is 0 Å². The molecule has 110 valence electrons. The Morgan fingerprint density at radius 3 is 2.37 bits per heavy atom. The normalized spacial score (nSPS) is 33.4. The van der Waals surface area contributed by atoms with Crippen molar-refractivity contribution in [3.05, 3.63) is 0 Å². The lowest BCUT2D eigenvalue weighted by molar-refractivity contribution is -0.162. The van der Waals surface area contributed by atoms with E-state index in [0.717, 1.165) is 19.3 Å². The molecule has 0 heterocycles. The lowest BCUT2D eigenvalue weighted by Crippen LogP contribution is -2.37. The summed E-state index contributed by atoms with van der Waals surface area (Å²) in [6.45, 7) is 6.82. The molecule has 0 aliphatic heterocycles. The molecule has 0 saturated heterocycles. The second-order valence-electron chi connectivity index (χ2n) is 7.14. The van der Waals surface area contributed by atoms with Gasteiger partial charge in [0.1, 0.15) is 6.10 Å². The molecule has 3 unspecified atom stereocenters. The summed E-state index contributed by atoms with van der Waals surface area (Å²) >= 11 is 0. The summed E-state index contributed by atoms with van der Waals surface area (Å²) in [7, 11) is 0. The molecular formula is C17H30O2. The van der Waals surface area contributed by atoms with Crippen LogP contribution in [-0.4, -0.2) is 12.1 Å². The highest BCUT2D eigenvalue weighted by atomic mass is 16.5. The van der Waals surface area contributed by atoms with Crippen LogP contribution in [-0.2, 0) is 9.53 Å². The van der Waals surface area contributed by atoms with Gasteiger partial charge in [0, 0.05) is 0 Å². The van der Waals surface area contributed by atoms with Crippen LogP contribution >= 0.6 is 0 Å². The SMILES string of the molecule is CC1CCC(C(C)C)C(OC(=O)C2CCCCC2)C1. The van der Waals surface area contributed by atoms with Gasteiger partial charge in [-0.15, -0.1) is 0 Å². The maximum absolute atomic E-state index is 12.3. The molecule has 0 amide bonds. The van der Waals surface area contributed by atoms with Gasteiger partial charge in [0.25, 0.3) is 0 Å². The average Bonchev–Trinajstić information content (AvgIpc) is 2.39. The van der Waals surface area contributed by atoms with Gasteiger partial charge in [-0.3, -0.25) is 4.79 Å². The smallest absolute Gasteiger partial charge is 0.309 e. The van der Waals surface area contributed by atoms with E-state index in [1.807, 2.05) is 0 Å². The van der Waals surface area contributed by atoms with Crippen LogP contribution in [0.2, 0.25) is 0 Å². The lowest BCUT2D eigenvalue weighted by Gasteiger charge is -2.37. The Labute approximate surface area is 118 Å². The van der Waals surface area contributed by atoms with Gasteiger partial charge in [0.2, 0.25) is 0 Å². The maximum Gasteiger partial charge on any atom is 0.309 e. The third kappa shape index (κ3) is 3.97. The second kappa shape index (κ2) is 6.76. The van der Waals surface area contributed by atoms with Crippen molar-refractivity contribution in [3.8, 4) is 0 Å². The van der Waals surface area contributed by atoms with E-state index in [-0.39, 0.29) is 18.0 Å². The predicted molar refractivity (Wildman–Crippen MR) is 77.8 cm³/mol. The summed E-state index contributed by atoms with van der Waals surface area (Å²) < 4.78 is 5.94. The van der Waals surface area contributed by atoms with Gasteiger partial charge in [-0.25, -0.2) is 0 Å². The van der Waals surface area contributed by atoms with Crippen molar-refractivity contribution < 1.29 is 9.53 Å². The first-order chi connectivity index (χ1) is 9.08. The highest BCUT2D eigenvalue weighted by Gasteiger charge is 2.35. The molecule has 2 saturated carbocycles. The van der Waals surface area contributed by atoms with E-state index in [9.17, 15) is 4.79 Å². The number of hydrogen-bond acceptors (Lipinski definition) is 2. The molecule has 0 aromatic carbocycles. The molecule has 0 bridgehead atoms. The van der Waals surface area contributed by atoms with E-state index in [1.54, 1.807) is 0 Å². The Kier molecular flexibility index (Phi) is 5.29. The topological polar surface area (TPSA) is 26.3 Å². The Bertz CT molecular complexity index is 292. The van der Waals surface area contributed by atoms with Crippen molar-refractivity contribution >= 4 is 5.97 Å². The van der Waals surface area contributed by atoms with Crippen LogP contribution in [0.15, 0.2) is 0 Å². The molecule has 0 radical (unpaired) electrons. The fraction of sp³-hybridized carbons (Fsp3) is 0.941. The minimum Gasteiger partial charge on any atom is -0.462 e. The number of rotatable bonds is 3. The van der Waals surface area contributed by atoms with E-state index < -0.39 is 0 Å². The first-order valence-corrected chi connectivity index (χ1v) is 8.28. The Morgan fingerprint density at radius 1 is 1.05 bits per heavy atom. The summed E-state index contributed by atoms with van der Waals surface area (Å²) in [4.78, 5) is 12.3. The number of ether oxygens (including phenoxy) is 1. The number of hydrogen-bond donors (Lipinski definition) is 0. The summed E-state index contributed by atoms with van der Waals surface area (Å²) in [6, 6.07) is 0. The van der Waals surface area contributed by atoms with Crippen molar-refractivity contribution in [2.75, 3.05) is 0 Å². The van der Waals surface area contributed by atoms with Gasteiger partial charge in [0.15, 0.2) is 0 Å². The molecule has 0 spiro atoms. The Hall–Kier alpha value is -0.530. The van der Waals surface area contributed by atoms with E-state index in [2.05, 4.69) is 20.8 Å². The molecule has 0 aromatic heterocycles. The lowest BCUT2D eigenvalue weighted by atomic mass is 9.75.